The molecule has 1 fully saturated rings. The number of carbonyl (C=O) groups is 1. The van der Waals surface area contributed by atoms with Crippen molar-refractivity contribution in [3.63, 3.8) is 0 Å². The molecule has 2 aromatic rings. The maximum Gasteiger partial charge on any atom is 0.235 e. The Hall–Kier alpha value is -1.53. The molecule has 5 nitrogen and oxygen atoms in total. The Morgan fingerprint density at radius 2 is 1.88 bits per heavy atom. The minimum absolute atomic E-state index is 0.165. The van der Waals surface area contributed by atoms with E-state index in [-0.39, 0.29) is 11.2 Å². The van der Waals surface area contributed by atoms with Gasteiger partial charge in [0.05, 0.1) is 5.25 Å². The monoisotopic (exact) mass is 392 g/mol. The van der Waals surface area contributed by atoms with Gasteiger partial charge in [-0.2, -0.15) is 0 Å². The second kappa shape index (κ2) is 8.44. The van der Waals surface area contributed by atoms with Gasteiger partial charge in [-0.1, -0.05) is 42.6 Å². The van der Waals surface area contributed by atoms with Gasteiger partial charge in [0.25, 0.3) is 0 Å². The van der Waals surface area contributed by atoms with Crippen molar-refractivity contribution in [3.05, 3.63) is 29.3 Å². The molecule has 3 rings (SSSR count). The molecule has 26 heavy (non-hydrogen) atoms. The van der Waals surface area contributed by atoms with Crippen LogP contribution in [0.25, 0.3) is 11.4 Å². The minimum Gasteiger partial charge on any atom is -0.342 e. The predicted molar refractivity (Wildman–Crippen MR) is 106 cm³/mol. The van der Waals surface area contributed by atoms with Crippen LogP contribution in [0.4, 0.5) is 0 Å². The third kappa shape index (κ3) is 4.23. The number of hydrogen-bond donors (Lipinski definition) is 0. The Balaban J connectivity index is 1.68. The number of carbonyl (C=O) groups excluding carboxylic acids is 1. The van der Waals surface area contributed by atoms with Gasteiger partial charge in [-0.15, -0.1) is 10.2 Å². The summed E-state index contributed by atoms with van der Waals surface area (Å²) in [5, 5.41) is 9.81. The minimum atomic E-state index is -0.192. The summed E-state index contributed by atoms with van der Waals surface area (Å²) in [4.78, 5) is 14.7. The van der Waals surface area contributed by atoms with E-state index in [1.165, 1.54) is 31.0 Å². The topological polar surface area (TPSA) is 51.0 Å². The summed E-state index contributed by atoms with van der Waals surface area (Å²) < 4.78 is 1.93. The standard InChI is InChI=1S/C19H25ClN4OS/c1-13(18(25)23(2)16-7-5-4-6-8-16)26-19-22-21-17(24(19)3)14-9-11-15(20)12-10-14/h9-13,16H,4-8H2,1-3H3. The number of hydrogen-bond acceptors (Lipinski definition) is 4. The molecule has 0 bridgehead atoms. The van der Waals surface area contributed by atoms with Gasteiger partial charge in [0.2, 0.25) is 5.91 Å². The highest BCUT2D eigenvalue weighted by molar-refractivity contribution is 8.00. The normalized spacial score (nSPS) is 16.5. The Morgan fingerprint density at radius 3 is 2.54 bits per heavy atom. The zero-order valence-corrected chi connectivity index (χ0v) is 17.1. The molecule has 0 radical (unpaired) electrons. The molecule has 140 valence electrons. The number of nitrogens with zero attached hydrogens (tertiary/aromatic N) is 4. The first-order valence-electron chi connectivity index (χ1n) is 9.06. The van der Waals surface area contributed by atoms with Crippen molar-refractivity contribution < 1.29 is 4.79 Å². The quantitative estimate of drug-likeness (QED) is 0.707. The summed E-state index contributed by atoms with van der Waals surface area (Å²) in [5.41, 5.74) is 0.953. The average Bonchev–Trinajstić information content (AvgIpc) is 3.02. The fraction of sp³-hybridized carbons (Fsp3) is 0.526. The van der Waals surface area contributed by atoms with Crippen molar-refractivity contribution in [2.24, 2.45) is 7.05 Å². The maximum atomic E-state index is 12.8. The zero-order chi connectivity index (χ0) is 18.7. The van der Waals surface area contributed by atoms with Crippen LogP contribution in [0.1, 0.15) is 39.0 Å². The van der Waals surface area contributed by atoms with Crippen LogP contribution >= 0.6 is 23.4 Å². The summed E-state index contributed by atoms with van der Waals surface area (Å²) >= 11 is 7.41. The lowest BCUT2D eigenvalue weighted by Crippen LogP contribution is -2.42. The molecular weight excluding hydrogens is 368 g/mol. The highest BCUT2D eigenvalue weighted by atomic mass is 35.5. The van der Waals surface area contributed by atoms with Crippen LogP contribution in [0.2, 0.25) is 5.02 Å². The first-order valence-corrected chi connectivity index (χ1v) is 10.3. The van der Waals surface area contributed by atoms with E-state index < -0.39 is 0 Å². The lowest BCUT2D eigenvalue weighted by molar-refractivity contribution is -0.131. The Bertz CT molecular complexity index is 755. The van der Waals surface area contributed by atoms with Crippen molar-refractivity contribution in [2.45, 2.75) is 55.5 Å². The number of rotatable bonds is 5. The molecule has 7 heteroatoms. The fourth-order valence-corrected chi connectivity index (χ4v) is 4.45. The van der Waals surface area contributed by atoms with E-state index in [2.05, 4.69) is 10.2 Å². The molecule has 1 amide bonds. The van der Waals surface area contributed by atoms with Gasteiger partial charge in [-0.25, -0.2) is 0 Å². The van der Waals surface area contributed by atoms with Crippen LogP contribution in [0.5, 0.6) is 0 Å². The van der Waals surface area contributed by atoms with Crippen molar-refractivity contribution in [1.29, 1.82) is 0 Å². The molecule has 1 aliphatic rings. The molecule has 1 saturated carbocycles. The first-order chi connectivity index (χ1) is 12.5. The summed E-state index contributed by atoms with van der Waals surface area (Å²) in [5.74, 6) is 0.933. The van der Waals surface area contributed by atoms with Gasteiger partial charge < -0.3 is 9.47 Å². The van der Waals surface area contributed by atoms with Gasteiger partial charge in [0.1, 0.15) is 0 Å². The van der Waals surface area contributed by atoms with E-state index in [0.717, 1.165) is 29.4 Å². The fourth-order valence-electron chi connectivity index (χ4n) is 3.41. The molecule has 0 saturated heterocycles. The number of thioether (sulfide) groups is 1. The van der Waals surface area contributed by atoms with E-state index in [1.807, 2.05) is 54.8 Å². The van der Waals surface area contributed by atoms with E-state index >= 15 is 0 Å². The lowest BCUT2D eigenvalue weighted by atomic mass is 9.94. The summed E-state index contributed by atoms with van der Waals surface area (Å²) in [6.07, 6.45) is 5.96. The summed E-state index contributed by atoms with van der Waals surface area (Å²) in [6, 6.07) is 7.90. The Morgan fingerprint density at radius 1 is 1.23 bits per heavy atom. The van der Waals surface area contributed by atoms with Crippen LogP contribution in [0, 0.1) is 0 Å². The molecule has 0 spiro atoms. The van der Waals surface area contributed by atoms with Gasteiger partial charge >= 0.3 is 0 Å². The number of benzene rings is 1. The van der Waals surface area contributed by atoms with Gasteiger partial charge in [-0.3, -0.25) is 4.79 Å². The van der Waals surface area contributed by atoms with E-state index in [4.69, 9.17) is 11.6 Å². The lowest BCUT2D eigenvalue weighted by Gasteiger charge is -2.32. The van der Waals surface area contributed by atoms with Crippen LogP contribution in [0.3, 0.4) is 0 Å². The predicted octanol–water partition coefficient (Wildman–Crippen LogP) is 4.41. The molecule has 0 aliphatic heterocycles. The van der Waals surface area contributed by atoms with E-state index in [1.54, 1.807) is 0 Å². The van der Waals surface area contributed by atoms with Gasteiger partial charge in [0.15, 0.2) is 11.0 Å². The number of aromatic nitrogens is 3. The molecule has 0 N–H and O–H groups in total. The van der Waals surface area contributed by atoms with Crippen LogP contribution < -0.4 is 0 Å². The third-order valence-corrected chi connectivity index (χ3v) is 6.41. The van der Waals surface area contributed by atoms with Crippen LogP contribution in [-0.2, 0) is 11.8 Å². The molecule has 1 aromatic heterocycles. The van der Waals surface area contributed by atoms with E-state index in [9.17, 15) is 4.79 Å². The zero-order valence-electron chi connectivity index (χ0n) is 15.5. The largest absolute Gasteiger partial charge is 0.342 e. The molecule has 1 unspecified atom stereocenters. The van der Waals surface area contributed by atoms with E-state index in [0.29, 0.717) is 11.1 Å². The SMILES string of the molecule is CC(Sc1nnc(-c2ccc(Cl)cc2)n1C)C(=O)N(C)C1CCCCC1. The van der Waals surface area contributed by atoms with Gasteiger partial charge in [-0.05, 0) is 44.0 Å². The maximum absolute atomic E-state index is 12.8. The van der Waals surface area contributed by atoms with Crippen molar-refractivity contribution in [2.75, 3.05) is 7.05 Å². The smallest absolute Gasteiger partial charge is 0.235 e. The summed E-state index contributed by atoms with van der Waals surface area (Å²) in [6.45, 7) is 1.95. The second-order valence-corrected chi connectivity index (χ2v) is 8.62. The van der Waals surface area contributed by atoms with Crippen molar-refractivity contribution in [1.82, 2.24) is 19.7 Å². The Kier molecular flexibility index (Phi) is 6.24. The highest BCUT2D eigenvalue weighted by Crippen LogP contribution is 2.29. The van der Waals surface area contributed by atoms with Crippen LogP contribution in [0.15, 0.2) is 29.4 Å². The number of amides is 1. The Labute approximate surface area is 164 Å². The molecule has 1 heterocycles. The first kappa shape index (κ1) is 19.2. The molecule has 1 atom stereocenters. The highest BCUT2D eigenvalue weighted by Gasteiger charge is 2.27. The summed E-state index contributed by atoms with van der Waals surface area (Å²) in [7, 11) is 3.86. The third-order valence-electron chi connectivity index (χ3n) is 5.04. The molecule has 1 aromatic carbocycles. The van der Waals surface area contributed by atoms with Crippen molar-refractivity contribution >= 4 is 29.3 Å². The van der Waals surface area contributed by atoms with Gasteiger partial charge in [0, 0.05) is 30.7 Å². The van der Waals surface area contributed by atoms with Crippen LogP contribution in [-0.4, -0.2) is 43.9 Å². The molecular formula is C19H25ClN4OS. The second-order valence-electron chi connectivity index (χ2n) is 6.87. The van der Waals surface area contributed by atoms with Crippen molar-refractivity contribution in [3.8, 4) is 11.4 Å². The average molecular weight is 393 g/mol. The molecule has 1 aliphatic carbocycles. The number of halogens is 1.